The molecule has 3 aromatic rings. The fourth-order valence-corrected chi connectivity index (χ4v) is 3.75. The largest absolute Gasteiger partial charge is 0.507 e. The summed E-state index contributed by atoms with van der Waals surface area (Å²) in [6.45, 7) is 3.30. The van der Waals surface area contributed by atoms with Crippen molar-refractivity contribution >= 4 is 17.4 Å². The van der Waals surface area contributed by atoms with Crippen LogP contribution in [0.2, 0.25) is 0 Å². The minimum atomic E-state index is -0.798. The molecule has 160 valence electrons. The minimum Gasteiger partial charge on any atom is -0.507 e. The van der Waals surface area contributed by atoms with Crippen LogP contribution in [0.1, 0.15) is 30.7 Å². The molecule has 8 nitrogen and oxygen atoms in total. The molecule has 1 aliphatic heterocycles. The summed E-state index contributed by atoms with van der Waals surface area (Å²) in [4.78, 5) is 31.3. The number of ketones is 1. The predicted molar refractivity (Wildman–Crippen MR) is 112 cm³/mol. The molecule has 0 aliphatic carbocycles. The van der Waals surface area contributed by atoms with Crippen LogP contribution < -0.4 is 4.74 Å². The number of imidazole rings is 1. The molecule has 3 heterocycles. The van der Waals surface area contributed by atoms with Crippen molar-refractivity contribution in [3.05, 3.63) is 78.3 Å². The predicted octanol–water partition coefficient (Wildman–Crippen LogP) is 3.39. The van der Waals surface area contributed by atoms with Gasteiger partial charge in [-0.25, -0.2) is 4.98 Å². The number of furan rings is 1. The molecule has 8 heteroatoms. The van der Waals surface area contributed by atoms with E-state index >= 15 is 0 Å². The number of Topliss-reactive ketones (excluding diaryl/α,β-unsaturated/α-hetero) is 1. The Labute approximate surface area is 179 Å². The van der Waals surface area contributed by atoms with E-state index in [4.69, 9.17) is 9.15 Å². The minimum absolute atomic E-state index is 0.0104. The lowest BCUT2D eigenvalue weighted by Gasteiger charge is -2.23. The van der Waals surface area contributed by atoms with Crippen LogP contribution in [-0.4, -0.2) is 44.4 Å². The number of aliphatic hydroxyl groups excluding tert-OH is 1. The Morgan fingerprint density at radius 2 is 2.10 bits per heavy atom. The molecule has 0 bridgehead atoms. The number of likely N-dealkylation sites (tertiary alicyclic amines) is 1. The van der Waals surface area contributed by atoms with Gasteiger partial charge in [0.15, 0.2) is 0 Å². The third-order valence-electron chi connectivity index (χ3n) is 5.15. The molecule has 1 atom stereocenters. The topological polar surface area (TPSA) is 97.8 Å². The van der Waals surface area contributed by atoms with Crippen molar-refractivity contribution in [2.24, 2.45) is 0 Å². The van der Waals surface area contributed by atoms with Crippen molar-refractivity contribution in [3.63, 3.8) is 0 Å². The lowest BCUT2D eigenvalue weighted by Crippen LogP contribution is -2.31. The standard InChI is InChI=1S/C23H23N3O5/c1-2-30-17-7-3-6-16(14-17)21(27)19-20(18-8-4-13-31-18)26(23(29)22(19)28)11-5-10-25-12-9-24-15-25/h3-4,6-9,12-15,20,27H,2,5,10-11H2,1H3. The molecule has 1 amide bonds. The SMILES string of the molecule is CCOc1cccc(C(O)=C2C(=O)C(=O)N(CCCn3ccnc3)C2c2ccco2)c1. The summed E-state index contributed by atoms with van der Waals surface area (Å²) in [5, 5.41) is 11.0. The Kier molecular flexibility index (Phi) is 5.88. The number of hydrogen-bond acceptors (Lipinski definition) is 6. The summed E-state index contributed by atoms with van der Waals surface area (Å²) in [6, 6.07) is 9.39. The lowest BCUT2D eigenvalue weighted by molar-refractivity contribution is -0.140. The number of carbonyl (C=O) groups is 2. The van der Waals surface area contributed by atoms with Crippen LogP contribution in [-0.2, 0) is 16.1 Å². The first-order valence-electron chi connectivity index (χ1n) is 10.1. The van der Waals surface area contributed by atoms with E-state index in [0.29, 0.717) is 43.2 Å². The van der Waals surface area contributed by atoms with E-state index < -0.39 is 17.7 Å². The average molecular weight is 421 g/mol. The van der Waals surface area contributed by atoms with Gasteiger partial charge in [0.05, 0.1) is 24.8 Å². The third kappa shape index (κ3) is 4.09. The fourth-order valence-electron chi connectivity index (χ4n) is 3.75. The number of nitrogens with zero attached hydrogens (tertiary/aromatic N) is 3. The van der Waals surface area contributed by atoms with Crippen LogP contribution in [0.25, 0.3) is 5.76 Å². The maximum absolute atomic E-state index is 12.9. The molecular weight excluding hydrogens is 398 g/mol. The summed E-state index contributed by atoms with van der Waals surface area (Å²) in [5.74, 6) is -0.656. The molecule has 0 saturated carbocycles. The quantitative estimate of drug-likeness (QED) is 0.340. The maximum Gasteiger partial charge on any atom is 0.295 e. The van der Waals surface area contributed by atoms with Crippen LogP contribution in [0.4, 0.5) is 0 Å². The molecule has 31 heavy (non-hydrogen) atoms. The number of aryl methyl sites for hydroxylation is 1. The van der Waals surface area contributed by atoms with Crippen LogP contribution in [0.15, 0.2) is 71.4 Å². The van der Waals surface area contributed by atoms with Gasteiger partial charge in [0.1, 0.15) is 23.3 Å². The van der Waals surface area contributed by atoms with Crippen molar-refractivity contribution < 1.29 is 23.8 Å². The summed E-state index contributed by atoms with van der Waals surface area (Å²) < 4.78 is 12.9. The van der Waals surface area contributed by atoms with Crippen LogP contribution in [0, 0.1) is 0 Å². The van der Waals surface area contributed by atoms with Crippen molar-refractivity contribution in [2.45, 2.75) is 25.9 Å². The van der Waals surface area contributed by atoms with Gasteiger partial charge in [-0.2, -0.15) is 0 Å². The number of carbonyl (C=O) groups excluding carboxylic acids is 2. The number of benzene rings is 1. The first-order chi connectivity index (χ1) is 15.1. The van der Waals surface area contributed by atoms with Gasteiger partial charge in [-0.1, -0.05) is 12.1 Å². The molecule has 4 rings (SSSR count). The highest BCUT2D eigenvalue weighted by Crippen LogP contribution is 2.39. The number of rotatable bonds is 8. The van der Waals surface area contributed by atoms with Crippen molar-refractivity contribution in [2.75, 3.05) is 13.2 Å². The van der Waals surface area contributed by atoms with Crippen molar-refractivity contribution in [3.8, 4) is 5.75 Å². The first kappa shape index (κ1) is 20.5. The highest BCUT2D eigenvalue weighted by Gasteiger charge is 2.47. The summed E-state index contributed by atoms with van der Waals surface area (Å²) >= 11 is 0. The van der Waals surface area contributed by atoms with Crippen LogP contribution in [0.5, 0.6) is 5.75 Å². The number of amides is 1. The highest BCUT2D eigenvalue weighted by atomic mass is 16.5. The van der Waals surface area contributed by atoms with E-state index in [0.717, 1.165) is 0 Å². The molecule has 1 aliphatic rings. The van der Waals surface area contributed by atoms with Gasteiger partial charge in [-0.05, 0) is 37.6 Å². The van der Waals surface area contributed by atoms with Gasteiger partial charge in [0.25, 0.3) is 11.7 Å². The van der Waals surface area contributed by atoms with Gasteiger partial charge >= 0.3 is 0 Å². The fraction of sp³-hybridized carbons (Fsp3) is 0.261. The van der Waals surface area contributed by atoms with E-state index in [1.54, 1.807) is 48.9 Å². The van der Waals surface area contributed by atoms with Crippen molar-refractivity contribution in [1.29, 1.82) is 0 Å². The molecule has 1 aromatic carbocycles. The second-order valence-corrected chi connectivity index (χ2v) is 7.12. The monoisotopic (exact) mass is 421 g/mol. The summed E-state index contributed by atoms with van der Waals surface area (Å²) in [7, 11) is 0. The van der Waals surface area contributed by atoms with Crippen LogP contribution >= 0.6 is 0 Å². The van der Waals surface area contributed by atoms with E-state index in [-0.39, 0.29) is 11.3 Å². The van der Waals surface area contributed by atoms with Crippen LogP contribution in [0.3, 0.4) is 0 Å². The number of ether oxygens (including phenoxy) is 1. The molecule has 1 fully saturated rings. The highest BCUT2D eigenvalue weighted by molar-refractivity contribution is 6.46. The van der Waals surface area contributed by atoms with E-state index in [1.165, 1.54) is 11.2 Å². The number of aliphatic hydroxyl groups is 1. The first-order valence-corrected chi connectivity index (χ1v) is 10.1. The third-order valence-corrected chi connectivity index (χ3v) is 5.15. The van der Waals surface area contributed by atoms with Gasteiger partial charge in [-0.15, -0.1) is 0 Å². The Morgan fingerprint density at radius 1 is 1.23 bits per heavy atom. The normalized spacial score (nSPS) is 18.0. The second-order valence-electron chi connectivity index (χ2n) is 7.12. The Balaban J connectivity index is 1.68. The lowest BCUT2D eigenvalue weighted by atomic mass is 9.99. The van der Waals surface area contributed by atoms with Crippen molar-refractivity contribution in [1.82, 2.24) is 14.5 Å². The number of aromatic nitrogens is 2. The molecular formula is C23H23N3O5. The Bertz CT molecular complexity index is 1090. The average Bonchev–Trinajstić information content (AvgIpc) is 3.52. The van der Waals surface area contributed by atoms with Gasteiger partial charge < -0.3 is 23.7 Å². The summed E-state index contributed by atoms with van der Waals surface area (Å²) in [5.41, 5.74) is 0.412. The van der Waals surface area contributed by atoms with E-state index in [1.807, 2.05) is 17.7 Å². The smallest absolute Gasteiger partial charge is 0.295 e. The van der Waals surface area contributed by atoms with Gasteiger partial charge in [0, 0.05) is 31.0 Å². The summed E-state index contributed by atoms with van der Waals surface area (Å²) in [6.07, 6.45) is 7.32. The molecule has 1 N–H and O–H groups in total. The maximum atomic E-state index is 12.9. The van der Waals surface area contributed by atoms with Gasteiger partial charge in [-0.3, -0.25) is 9.59 Å². The molecule has 0 radical (unpaired) electrons. The zero-order valence-corrected chi connectivity index (χ0v) is 17.1. The second kappa shape index (κ2) is 8.91. The molecule has 1 unspecified atom stereocenters. The Morgan fingerprint density at radius 3 is 2.81 bits per heavy atom. The molecule has 2 aromatic heterocycles. The zero-order chi connectivity index (χ0) is 21.8. The molecule has 0 spiro atoms. The molecule has 1 saturated heterocycles. The zero-order valence-electron chi connectivity index (χ0n) is 17.1. The van der Waals surface area contributed by atoms with E-state index in [2.05, 4.69) is 4.98 Å². The Hall–Kier alpha value is -3.81. The number of hydrogen-bond donors (Lipinski definition) is 1. The van der Waals surface area contributed by atoms with Gasteiger partial charge in [0.2, 0.25) is 0 Å². The van der Waals surface area contributed by atoms with E-state index in [9.17, 15) is 14.7 Å².